The average molecular weight is 305 g/mol. The van der Waals surface area contributed by atoms with Crippen LogP contribution in [0.15, 0.2) is 18.2 Å². The van der Waals surface area contributed by atoms with Gasteiger partial charge in [0.2, 0.25) is 0 Å². The van der Waals surface area contributed by atoms with Gasteiger partial charge in [-0.2, -0.15) is 0 Å². The van der Waals surface area contributed by atoms with Gasteiger partial charge in [-0.05, 0) is 29.7 Å². The lowest BCUT2D eigenvalue weighted by Crippen LogP contribution is -2.56. The number of hydrogen-bond acceptors (Lipinski definition) is 2. The number of aliphatic hydroxyl groups is 1. The lowest BCUT2D eigenvalue weighted by atomic mass is 10.0. The normalized spacial score (nSPS) is 15.4. The molecule has 1 aromatic carbocycles. The van der Waals surface area contributed by atoms with Gasteiger partial charge in [-0.3, -0.25) is 0 Å². The van der Waals surface area contributed by atoms with Crippen LogP contribution in [0, 0.1) is 5.82 Å². The van der Waals surface area contributed by atoms with E-state index in [0.29, 0.717) is 25.2 Å². The Labute approximate surface area is 128 Å². The van der Waals surface area contributed by atoms with E-state index in [1.165, 1.54) is 6.07 Å². The fraction of sp³-hybridized carbons (Fsp3) is 0.438. The van der Waals surface area contributed by atoms with Gasteiger partial charge in [-0.1, -0.05) is 13.8 Å². The summed E-state index contributed by atoms with van der Waals surface area (Å²) >= 11 is 0. The quantitative estimate of drug-likeness (QED) is 0.814. The molecule has 0 atom stereocenters. The number of rotatable bonds is 3. The standard InChI is InChI=1S/C16H20FN3O2/c1-9(2)13-5-15-10(4-14(13)17)3-11(19-15)6-18-16(22)20-7-12(21)8-20/h3-5,9,12,19,21H,6-8H2,1-2H3,(H,18,22). The zero-order valence-corrected chi connectivity index (χ0v) is 12.7. The first-order valence-corrected chi connectivity index (χ1v) is 7.46. The second kappa shape index (κ2) is 5.61. The van der Waals surface area contributed by atoms with Crippen LogP contribution >= 0.6 is 0 Å². The van der Waals surface area contributed by atoms with Crippen LogP contribution in [0.25, 0.3) is 10.9 Å². The minimum Gasteiger partial charge on any atom is -0.389 e. The van der Waals surface area contributed by atoms with Crippen molar-refractivity contribution in [3.8, 4) is 0 Å². The van der Waals surface area contributed by atoms with Crippen LogP contribution in [0.5, 0.6) is 0 Å². The molecule has 5 nitrogen and oxygen atoms in total. The van der Waals surface area contributed by atoms with E-state index in [0.717, 1.165) is 16.6 Å². The summed E-state index contributed by atoms with van der Waals surface area (Å²) in [6, 6.07) is 5.00. The third-order valence-corrected chi connectivity index (χ3v) is 4.00. The number of aromatic nitrogens is 1. The maximum absolute atomic E-state index is 14.0. The molecule has 1 aliphatic heterocycles. The monoisotopic (exact) mass is 305 g/mol. The third-order valence-electron chi connectivity index (χ3n) is 4.00. The number of H-pyrrole nitrogens is 1. The minimum atomic E-state index is -0.406. The van der Waals surface area contributed by atoms with E-state index in [1.54, 1.807) is 4.90 Å². The first kappa shape index (κ1) is 14.8. The summed E-state index contributed by atoms with van der Waals surface area (Å²) in [6.07, 6.45) is -0.406. The number of hydrogen-bond donors (Lipinski definition) is 3. The molecule has 118 valence electrons. The number of aliphatic hydroxyl groups excluding tert-OH is 1. The van der Waals surface area contributed by atoms with Gasteiger partial charge in [0.1, 0.15) is 5.82 Å². The van der Waals surface area contributed by atoms with Gasteiger partial charge in [0.15, 0.2) is 0 Å². The van der Waals surface area contributed by atoms with Crippen molar-refractivity contribution >= 4 is 16.9 Å². The molecule has 0 aliphatic carbocycles. The van der Waals surface area contributed by atoms with Crippen molar-refractivity contribution in [3.05, 3.63) is 35.3 Å². The molecule has 0 saturated carbocycles. The Morgan fingerprint density at radius 2 is 2.18 bits per heavy atom. The lowest BCUT2D eigenvalue weighted by molar-refractivity contribution is 0.0265. The maximum atomic E-state index is 14.0. The van der Waals surface area contributed by atoms with E-state index in [-0.39, 0.29) is 17.8 Å². The number of β-amino-alcohol motifs (C(OH)–C–C–N with tert-alkyl or cyclic N) is 1. The number of nitrogens with one attached hydrogen (secondary N) is 2. The number of urea groups is 1. The van der Waals surface area contributed by atoms with Gasteiger partial charge in [-0.25, -0.2) is 9.18 Å². The molecule has 2 aromatic rings. The number of nitrogens with zero attached hydrogens (tertiary/aromatic N) is 1. The van der Waals surface area contributed by atoms with E-state index >= 15 is 0 Å². The number of carbonyl (C=O) groups is 1. The lowest BCUT2D eigenvalue weighted by Gasteiger charge is -2.35. The third kappa shape index (κ3) is 2.78. The number of likely N-dealkylation sites (tertiary alicyclic amines) is 1. The number of halogens is 1. The Kier molecular flexibility index (Phi) is 3.78. The van der Waals surface area contributed by atoms with Gasteiger partial charge in [0.25, 0.3) is 0 Å². The van der Waals surface area contributed by atoms with Gasteiger partial charge in [-0.15, -0.1) is 0 Å². The van der Waals surface area contributed by atoms with Crippen LogP contribution in [-0.2, 0) is 6.54 Å². The Morgan fingerprint density at radius 1 is 1.45 bits per heavy atom. The summed E-state index contributed by atoms with van der Waals surface area (Å²) in [5.41, 5.74) is 2.37. The smallest absolute Gasteiger partial charge is 0.317 e. The van der Waals surface area contributed by atoms with Crippen molar-refractivity contribution in [2.24, 2.45) is 0 Å². The summed E-state index contributed by atoms with van der Waals surface area (Å²) < 4.78 is 14.0. The van der Waals surface area contributed by atoms with Gasteiger partial charge in [0, 0.05) is 16.6 Å². The summed E-state index contributed by atoms with van der Waals surface area (Å²) in [5, 5.41) is 12.8. The SMILES string of the molecule is CC(C)c1cc2[nH]c(CNC(=O)N3CC(O)C3)cc2cc1F. The van der Waals surface area contributed by atoms with Gasteiger partial charge in [0.05, 0.1) is 25.7 Å². The molecule has 0 radical (unpaired) electrons. The van der Waals surface area contributed by atoms with Gasteiger partial charge < -0.3 is 20.3 Å². The van der Waals surface area contributed by atoms with E-state index < -0.39 is 6.10 Å². The Morgan fingerprint density at radius 3 is 2.82 bits per heavy atom. The van der Waals surface area contributed by atoms with Crippen molar-refractivity contribution in [1.82, 2.24) is 15.2 Å². The Hall–Kier alpha value is -2.08. The van der Waals surface area contributed by atoms with Crippen molar-refractivity contribution < 1.29 is 14.3 Å². The highest BCUT2D eigenvalue weighted by atomic mass is 19.1. The molecule has 1 fully saturated rings. The fourth-order valence-electron chi connectivity index (χ4n) is 2.67. The molecule has 22 heavy (non-hydrogen) atoms. The van der Waals surface area contributed by atoms with Gasteiger partial charge >= 0.3 is 6.03 Å². The highest BCUT2D eigenvalue weighted by Gasteiger charge is 2.28. The van der Waals surface area contributed by atoms with Crippen LogP contribution in [0.1, 0.15) is 31.0 Å². The van der Waals surface area contributed by atoms with E-state index in [4.69, 9.17) is 0 Å². The molecule has 2 amide bonds. The second-order valence-corrected chi connectivity index (χ2v) is 6.13. The van der Waals surface area contributed by atoms with Crippen LogP contribution in [0.4, 0.5) is 9.18 Å². The van der Waals surface area contributed by atoms with E-state index in [2.05, 4.69) is 10.3 Å². The molecule has 2 heterocycles. The van der Waals surface area contributed by atoms with Crippen molar-refractivity contribution in [1.29, 1.82) is 0 Å². The van der Waals surface area contributed by atoms with Crippen LogP contribution in [0.3, 0.4) is 0 Å². The summed E-state index contributed by atoms with van der Waals surface area (Å²) in [5.74, 6) is -0.0830. The molecule has 1 saturated heterocycles. The van der Waals surface area contributed by atoms with Crippen molar-refractivity contribution in [2.45, 2.75) is 32.4 Å². The molecule has 6 heteroatoms. The predicted molar refractivity (Wildman–Crippen MR) is 82.2 cm³/mol. The summed E-state index contributed by atoms with van der Waals surface area (Å²) in [7, 11) is 0. The van der Waals surface area contributed by atoms with Crippen LogP contribution < -0.4 is 5.32 Å². The maximum Gasteiger partial charge on any atom is 0.317 e. The molecule has 3 N–H and O–H groups in total. The molecule has 1 aromatic heterocycles. The topological polar surface area (TPSA) is 68.4 Å². The number of amides is 2. The predicted octanol–water partition coefficient (Wildman–Crippen LogP) is 2.32. The van der Waals surface area contributed by atoms with E-state index in [9.17, 15) is 14.3 Å². The fourth-order valence-corrected chi connectivity index (χ4v) is 2.67. The highest BCUT2D eigenvalue weighted by Crippen LogP contribution is 2.25. The largest absolute Gasteiger partial charge is 0.389 e. The molecule has 3 rings (SSSR count). The molecule has 1 aliphatic rings. The van der Waals surface area contributed by atoms with Crippen LogP contribution in [0.2, 0.25) is 0 Å². The van der Waals surface area contributed by atoms with E-state index in [1.807, 2.05) is 26.0 Å². The second-order valence-electron chi connectivity index (χ2n) is 6.13. The average Bonchev–Trinajstić information content (AvgIpc) is 2.81. The minimum absolute atomic E-state index is 0.119. The Balaban J connectivity index is 1.71. The molecular formula is C16H20FN3O2. The number of aromatic amines is 1. The number of fused-ring (bicyclic) bond motifs is 1. The summed E-state index contributed by atoms with van der Waals surface area (Å²) in [6.45, 7) is 5.01. The highest BCUT2D eigenvalue weighted by molar-refractivity contribution is 5.82. The van der Waals surface area contributed by atoms with Crippen LogP contribution in [-0.4, -0.2) is 40.2 Å². The molecular weight excluding hydrogens is 285 g/mol. The van der Waals surface area contributed by atoms with Crippen molar-refractivity contribution in [2.75, 3.05) is 13.1 Å². The first-order valence-electron chi connectivity index (χ1n) is 7.46. The molecule has 0 spiro atoms. The van der Waals surface area contributed by atoms with Crippen molar-refractivity contribution in [3.63, 3.8) is 0 Å². The number of carbonyl (C=O) groups excluding carboxylic acids is 1. The zero-order valence-electron chi connectivity index (χ0n) is 12.7. The molecule has 0 bridgehead atoms. The Bertz CT molecular complexity index is 705. The summed E-state index contributed by atoms with van der Waals surface area (Å²) in [4.78, 5) is 16.5. The first-order chi connectivity index (χ1) is 10.4. The zero-order chi connectivity index (χ0) is 15.9. The molecule has 0 unspecified atom stereocenters. The number of benzene rings is 1.